The molecule has 0 bridgehead atoms. The summed E-state index contributed by atoms with van der Waals surface area (Å²) in [5, 5.41) is 10.7. The van der Waals surface area contributed by atoms with E-state index in [-0.39, 0.29) is 5.91 Å². The van der Waals surface area contributed by atoms with Crippen LogP contribution in [0.1, 0.15) is 24.2 Å². The molecular formula is C18H19N3O3. The normalized spacial score (nSPS) is 10.6. The highest BCUT2D eigenvalue weighted by atomic mass is 16.5. The first kappa shape index (κ1) is 15.9. The molecule has 3 aromatic rings. The predicted molar refractivity (Wildman–Crippen MR) is 92.8 cm³/mol. The van der Waals surface area contributed by atoms with Crippen molar-refractivity contribution < 1.29 is 14.3 Å². The van der Waals surface area contributed by atoms with Crippen LogP contribution in [0.25, 0.3) is 10.9 Å². The van der Waals surface area contributed by atoms with Gasteiger partial charge in [0.25, 0.3) is 5.91 Å². The first-order valence-corrected chi connectivity index (χ1v) is 7.86. The van der Waals surface area contributed by atoms with Crippen LogP contribution in [0, 0.1) is 0 Å². The Bertz CT molecular complexity index is 858. The molecular weight excluding hydrogens is 306 g/mol. The van der Waals surface area contributed by atoms with E-state index in [1.165, 1.54) is 0 Å². The molecule has 0 aliphatic carbocycles. The predicted octanol–water partition coefficient (Wildman–Crippen LogP) is 3.61. The Morgan fingerprint density at radius 1 is 1.12 bits per heavy atom. The van der Waals surface area contributed by atoms with E-state index in [9.17, 15) is 4.79 Å². The van der Waals surface area contributed by atoms with Crippen molar-refractivity contribution in [2.75, 3.05) is 18.5 Å². The van der Waals surface area contributed by atoms with Crippen molar-refractivity contribution in [2.45, 2.75) is 13.8 Å². The molecule has 0 aliphatic rings. The van der Waals surface area contributed by atoms with Gasteiger partial charge in [0.15, 0.2) is 11.5 Å². The summed E-state index contributed by atoms with van der Waals surface area (Å²) in [4.78, 5) is 12.6. The van der Waals surface area contributed by atoms with Crippen molar-refractivity contribution in [3.63, 3.8) is 0 Å². The van der Waals surface area contributed by atoms with Crippen LogP contribution < -0.4 is 14.8 Å². The number of nitrogens with zero attached hydrogens (tertiary/aromatic N) is 1. The van der Waals surface area contributed by atoms with Crippen LogP contribution in [-0.2, 0) is 0 Å². The molecule has 0 fully saturated rings. The van der Waals surface area contributed by atoms with E-state index in [2.05, 4.69) is 15.5 Å². The zero-order chi connectivity index (χ0) is 16.9. The van der Waals surface area contributed by atoms with E-state index >= 15 is 0 Å². The molecule has 0 saturated carbocycles. The van der Waals surface area contributed by atoms with E-state index in [1.807, 2.05) is 32.0 Å². The number of fused-ring (bicyclic) bond motifs is 1. The van der Waals surface area contributed by atoms with E-state index in [0.717, 1.165) is 10.9 Å². The van der Waals surface area contributed by atoms with Gasteiger partial charge in [-0.2, -0.15) is 5.10 Å². The smallest absolute Gasteiger partial charge is 0.255 e. The number of amides is 1. The van der Waals surface area contributed by atoms with Crippen LogP contribution in [0.3, 0.4) is 0 Å². The molecule has 1 amide bonds. The average molecular weight is 325 g/mol. The van der Waals surface area contributed by atoms with E-state index in [1.54, 1.807) is 24.4 Å². The third-order valence-corrected chi connectivity index (χ3v) is 3.53. The van der Waals surface area contributed by atoms with Crippen molar-refractivity contribution in [1.82, 2.24) is 10.2 Å². The SMILES string of the molecule is CCOc1ccc(C(=O)Nc2cccc3cn[nH]c23)cc1OCC. The van der Waals surface area contributed by atoms with E-state index < -0.39 is 0 Å². The summed E-state index contributed by atoms with van der Waals surface area (Å²) >= 11 is 0. The second-order valence-electron chi connectivity index (χ2n) is 5.12. The number of nitrogens with one attached hydrogen (secondary N) is 2. The summed E-state index contributed by atoms with van der Waals surface area (Å²) in [5.41, 5.74) is 1.97. The van der Waals surface area contributed by atoms with Crippen LogP contribution in [0.4, 0.5) is 5.69 Å². The lowest BCUT2D eigenvalue weighted by Crippen LogP contribution is -2.12. The Balaban J connectivity index is 1.87. The largest absolute Gasteiger partial charge is 0.490 e. The summed E-state index contributed by atoms with van der Waals surface area (Å²) in [6, 6.07) is 10.8. The maximum atomic E-state index is 12.6. The zero-order valence-electron chi connectivity index (χ0n) is 13.6. The Labute approximate surface area is 139 Å². The van der Waals surface area contributed by atoms with E-state index in [0.29, 0.717) is 36.0 Å². The molecule has 1 aromatic heterocycles. The van der Waals surface area contributed by atoms with Gasteiger partial charge in [0.05, 0.1) is 30.6 Å². The van der Waals surface area contributed by atoms with Gasteiger partial charge in [0.2, 0.25) is 0 Å². The van der Waals surface area contributed by atoms with Crippen molar-refractivity contribution in [3.05, 3.63) is 48.2 Å². The summed E-state index contributed by atoms with van der Waals surface area (Å²) in [5.74, 6) is 0.972. The van der Waals surface area contributed by atoms with Gasteiger partial charge in [-0.25, -0.2) is 0 Å². The van der Waals surface area contributed by atoms with Gasteiger partial charge >= 0.3 is 0 Å². The van der Waals surface area contributed by atoms with Gasteiger partial charge in [-0.15, -0.1) is 0 Å². The van der Waals surface area contributed by atoms with Crippen molar-refractivity contribution in [3.8, 4) is 11.5 Å². The second kappa shape index (κ2) is 7.04. The number of carbonyl (C=O) groups excluding carboxylic acids is 1. The fourth-order valence-corrected chi connectivity index (χ4v) is 2.46. The lowest BCUT2D eigenvalue weighted by molar-refractivity contribution is 0.102. The molecule has 2 aromatic carbocycles. The van der Waals surface area contributed by atoms with Gasteiger partial charge in [-0.1, -0.05) is 12.1 Å². The number of ether oxygens (including phenoxy) is 2. The zero-order valence-corrected chi connectivity index (χ0v) is 13.6. The van der Waals surface area contributed by atoms with Gasteiger partial charge in [-0.3, -0.25) is 9.89 Å². The fourth-order valence-electron chi connectivity index (χ4n) is 2.46. The minimum atomic E-state index is -0.221. The monoisotopic (exact) mass is 325 g/mol. The molecule has 6 nitrogen and oxygen atoms in total. The number of carbonyl (C=O) groups is 1. The number of hydrogen-bond acceptors (Lipinski definition) is 4. The topological polar surface area (TPSA) is 76.2 Å². The van der Waals surface area contributed by atoms with Gasteiger partial charge < -0.3 is 14.8 Å². The molecule has 0 atom stereocenters. The molecule has 0 radical (unpaired) electrons. The summed E-state index contributed by atoms with van der Waals surface area (Å²) in [7, 11) is 0. The third kappa shape index (κ3) is 3.17. The number of anilines is 1. The number of aromatic nitrogens is 2. The Kier molecular flexibility index (Phi) is 4.65. The first-order chi connectivity index (χ1) is 11.7. The number of H-pyrrole nitrogens is 1. The molecule has 0 saturated heterocycles. The van der Waals surface area contributed by atoms with Crippen LogP contribution in [0.5, 0.6) is 11.5 Å². The van der Waals surface area contributed by atoms with Crippen molar-refractivity contribution in [1.29, 1.82) is 0 Å². The van der Waals surface area contributed by atoms with Crippen LogP contribution >= 0.6 is 0 Å². The van der Waals surface area contributed by atoms with Crippen LogP contribution in [0.15, 0.2) is 42.6 Å². The molecule has 1 heterocycles. The molecule has 0 unspecified atom stereocenters. The van der Waals surface area contributed by atoms with Crippen LogP contribution in [-0.4, -0.2) is 29.3 Å². The number of hydrogen-bond donors (Lipinski definition) is 2. The molecule has 3 rings (SSSR count). The first-order valence-electron chi connectivity index (χ1n) is 7.86. The van der Waals surface area contributed by atoms with Crippen LogP contribution in [0.2, 0.25) is 0 Å². The van der Waals surface area contributed by atoms with Crippen molar-refractivity contribution in [2.24, 2.45) is 0 Å². The summed E-state index contributed by atoms with van der Waals surface area (Å²) in [6.07, 6.45) is 1.72. The number of benzene rings is 2. The third-order valence-electron chi connectivity index (χ3n) is 3.53. The summed E-state index contributed by atoms with van der Waals surface area (Å²) in [6.45, 7) is 4.83. The minimum absolute atomic E-state index is 0.221. The lowest BCUT2D eigenvalue weighted by atomic mass is 10.1. The lowest BCUT2D eigenvalue weighted by Gasteiger charge is -2.12. The Morgan fingerprint density at radius 3 is 2.71 bits per heavy atom. The standard InChI is InChI=1S/C18H19N3O3/c1-3-23-15-9-8-12(10-16(15)24-4-2)18(22)20-14-7-5-6-13-11-19-21-17(13)14/h5-11H,3-4H2,1-2H3,(H,19,21)(H,20,22). The Morgan fingerprint density at radius 2 is 1.92 bits per heavy atom. The quantitative estimate of drug-likeness (QED) is 0.726. The highest BCUT2D eigenvalue weighted by Gasteiger charge is 2.13. The number of para-hydroxylation sites is 1. The highest BCUT2D eigenvalue weighted by Crippen LogP contribution is 2.29. The molecule has 0 spiro atoms. The molecule has 6 heteroatoms. The highest BCUT2D eigenvalue weighted by molar-refractivity contribution is 6.08. The molecule has 2 N–H and O–H groups in total. The molecule has 24 heavy (non-hydrogen) atoms. The number of aromatic amines is 1. The van der Waals surface area contributed by atoms with E-state index in [4.69, 9.17) is 9.47 Å². The molecule has 0 aliphatic heterocycles. The maximum Gasteiger partial charge on any atom is 0.255 e. The van der Waals surface area contributed by atoms with Gasteiger partial charge in [-0.05, 0) is 38.1 Å². The van der Waals surface area contributed by atoms with Gasteiger partial charge in [0.1, 0.15) is 0 Å². The average Bonchev–Trinajstić information content (AvgIpc) is 3.06. The maximum absolute atomic E-state index is 12.6. The number of rotatable bonds is 6. The Hall–Kier alpha value is -3.02. The fraction of sp³-hybridized carbons (Fsp3) is 0.222. The second-order valence-corrected chi connectivity index (χ2v) is 5.12. The minimum Gasteiger partial charge on any atom is -0.490 e. The summed E-state index contributed by atoms with van der Waals surface area (Å²) < 4.78 is 11.1. The molecule has 124 valence electrons. The van der Waals surface area contributed by atoms with Gasteiger partial charge in [0, 0.05) is 10.9 Å². The van der Waals surface area contributed by atoms with Crippen molar-refractivity contribution >= 4 is 22.5 Å².